The molecular weight excluding hydrogens is 320 g/mol. The summed E-state index contributed by atoms with van der Waals surface area (Å²) in [5.41, 5.74) is 0. The Morgan fingerprint density at radius 2 is 1.96 bits per heavy atom. The maximum Gasteiger partial charge on any atom is 0.223 e. The zero-order valence-corrected chi connectivity index (χ0v) is 15.3. The number of hydrogen-bond donors (Lipinski definition) is 2. The van der Waals surface area contributed by atoms with Gasteiger partial charge in [-0.25, -0.2) is 4.98 Å². The van der Waals surface area contributed by atoms with Gasteiger partial charge in [0.1, 0.15) is 5.82 Å². The van der Waals surface area contributed by atoms with Crippen molar-refractivity contribution in [3.8, 4) is 0 Å². The fourth-order valence-corrected chi connectivity index (χ4v) is 3.80. The molecule has 2 N–H and O–H groups in total. The van der Waals surface area contributed by atoms with Gasteiger partial charge in [-0.3, -0.25) is 9.89 Å². The molecule has 8 heteroatoms. The summed E-state index contributed by atoms with van der Waals surface area (Å²) in [4.78, 5) is 23.5. The molecule has 1 amide bonds. The molecule has 8 nitrogen and oxygen atoms in total. The molecule has 140 valence electrons. The highest BCUT2D eigenvalue weighted by Gasteiger charge is 2.35. The van der Waals surface area contributed by atoms with E-state index in [-0.39, 0.29) is 18.4 Å². The van der Waals surface area contributed by atoms with Crippen molar-refractivity contribution in [2.75, 3.05) is 59.5 Å². The number of carbonyl (C=O) groups excluding carboxylic acids is 1. The molecule has 2 fully saturated rings. The number of aromatic amines is 1. The highest BCUT2D eigenvalue weighted by Crippen LogP contribution is 2.25. The molecule has 3 heterocycles. The van der Waals surface area contributed by atoms with Crippen LogP contribution >= 0.6 is 0 Å². The molecule has 25 heavy (non-hydrogen) atoms. The van der Waals surface area contributed by atoms with Gasteiger partial charge in [-0.2, -0.15) is 5.10 Å². The smallest absolute Gasteiger partial charge is 0.223 e. The molecule has 2 aliphatic rings. The second-order valence-corrected chi connectivity index (χ2v) is 7.44. The van der Waals surface area contributed by atoms with E-state index in [9.17, 15) is 9.90 Å². The normalized spacial score (nSPS) is 25.6. The second kappa shape index (κ2) is 8.25. The van der Waals surface area contributed by atoms with Gasteiger partial charge in [-0.1, -0.05) is 0 Å². The third kappa shape index (κ3) is 4.77. The Labute approximate surface area is 149 Å². The molecule has 1 aromatic heterocycles. The van der Waals surface area contributed by atoms with E-state index in [4.69, 9.17) is 0 Å². The van der Waals surface area contributed by atoms with Gasteiger partial charge in [0.15, 0.2) is 5.82 Å². The van der Waals surface area contributed by atoms with Gasteiger partial charge in [-0.05, 0) is 19.9 Å². The minimum Gasteiger partial charge on any atom is -0.396 e. The van der Waals surface area contributed by atoms with E-state index in [2.05, 4.69) is 32.0 Å². The second-order valence-electron chi connectivity index (χ2n) is 7.44. The van der Waals surface area contributed by atoms with Gasteiger partial charge in [0.05, 0.1) is 0 Å². The van der Waals surface area contributed by atoms with E-state index >= 15 is 0 Å². The average Bonchev–Trinajstić information content (AvgIpc) is 3.21. The number of amides is 1. The number of rotatable bonds is 6. The van der Waals surface area contributed by atoms with Crippen LogP contribution in [0.15, 0.2) is 0 Å². The maximum absolute atomic E-state index is 12.5. The first-order valence-corrected chi connectivity index (χ1v) is 9.22. The van der Waals surface area contributed by atoms with Crippen molar-refractivity contribution < 1.29 is 9.90 Å². The van der Waals surface area contributed by atoms with Crippen molar-refractivity contribution >= 4 is 5.91 Å². The summed E-state index contributed by atoms with van der Waals surface area (Å²) in [6, 6.07) is 0. The zero-order chi connectivity index (χ0) is 17.8. The lowest BCUT2D eigenvalue weighted by molar-refractivity contribution is -0.130. The summed E-state index contributed by atoms with van der Waals surface area (Å²) in [5.74, 6) is 2.16. The van der Waals surface area contributed by atoms with E-state index in [0.717, 1.165) is 45.1 Å². The Kier molecular flexibility index (Phi) is 6.03. The Balaban J connectivity index is 1.49. The van der Waals surface area contributed by atoms with Crippen LogP contribution in [0.25, 0.3) is 0 Å². The van der Waals surface area contributed by atoms with E-state index in [1.54, 1.807) is 0 Å². The monoisotopic (exact) mass is 350 g/mol. The van der Waals surface area contributed by atoms with Crippen molar-refractivity contribution in [1.29, 1.82) is 0 Å². The minimum atomic E-state index is 0.141. The topological polar surface area (TPSA) is 88.6 Å². The molecule has 1 aromatic rings. The van der Waals surface area contributed by atoms with Crippen LogP contribution in [0.2, 0.25) is 0 Å². The average molecular weight is 350 g/mol. The molecule has 0 aromatic carbocycles. The van der Waals surface area contributed by atoms with Crippen LogP contribution in [-0.2, 0) is 11.2 Å². The Morgan fingerprint density at radius 3 is 2.60 bits per heavy atom. The third-order valence-electron chi connectivity index (χ3n) is 5.46. The van der Waals surface area contributed by atoms with Gasteiger partial charge < -0.3 is 19.8 Å². The number of nitrogens with one attached hydrogen (secondary N) is 1. The molecule has 2 atom stereocenters. The SMILES string of the molecule is Cc1nc(CCC(=O)N2C[C@@H](CN3CCN(C)CC3)[C@@H](CO)C2)n[nH]1. The predicted octanol–water partition coefficient (Wildman–Crippen LogP) is -0.640. The maximum atomic E-state index is 12.5. The van der Waals surface area contributed by atoms with Crippen LogP contribution in [-0.4, -0.2) is 100 Å². The number of hydrogen-bond acceptors (Lipinski definition) is 6. The van der Waals surface area contributed by atoms with E-state index < -0.39 is 0 Å². The first-order chi connectivity index (χ1) is 12.0. The Morgan fingerprint density at radius 1 is 1.24 bits per heavy atom. The molecule has 2 aliphatic heterocycles. The van der Waals surface area contributed by atoms with Crippen molar-refractivity contribution in [3.05, 3.63) is 11.6 Å². The van der Waals surface area contributed by atoms with Crippen LogP contribution < -0.4 is 0 Å². The van der Waals surface area contributed by atoms with Crippen LogP contribution in [0.4, 0.5) is 0 Å². The largest absolute Gasteiger partial charge is 0.396 e. The van der Waals surface area contributed by atoms with Crippen LogP contribution in [0.5, 0.6) is 0 Å². The fraction of sp³-hybridized carbons (Fsp3) is 0.824. The first kappa shape index (κ1) is 18.3. The number of aromatic nitrogens is 3. The summed E-state index contributed by atoms with van der Waals surface area (Å²) >= 11 is 0. The number of H-pyrrole nitrogens is 1. The molecule has 2 saturated heterocycles. The summed E-state index contributed by atoms with van der Waals surface area (Å²) in [6.45, 7) is 8.74. The summed E-state index contributed by atoms with van der Waals surface area (Å²) in [5, 5.41) is 16.6. The van der Waals surface area contributed by atoms with Gasteiger partial charge >= 0.3 is 0 Å². The number of aryl methyl sites for hydroxylation is 2. The number of nitrogens with zero attached hydrogens (tertiary/aromatic N) is 5. The van der Waals surface area contributed by atoms with Gasteiger partial charge in [-0.15, -0.1) is 0 Å². The van der Waals surface area contributed by atoms with E-state index in [1.807, 2.05) is 11.8 Å². The number of likely N-dealkylation sites (tertiary alicyclic amines) is 1. The lowest BCUT2D eigenvalue weighted by Crippen LogP contribution is -2.47. The summed E-state index contributed by atoms with van der Waals surface area (Å²) in [7, 11) is 2.15. The third-order valence-corrected chi connectivity index (χ3v) is 5.46. The molecule has 0 saturated carbocycles. The minimum absolute atomic E-state index is 0.141. The fourth-order valence-electron chi connectivity index (χ4n) is 3.80. The van der Waals surface area contributed by atoms with Crippen LogP contribution in [0, 0.1) is 18.8 Å². The van der Waals surface area contributed by atoms with Gasteiger partial charge in [0, 0.05) is 71.2 Å². The lowest BCUT2D eigenvalue weighted by Gasteiger charge is -2.34. The van der Waals surface area contributed by atoms with Crippen LogP contribution in [0.3, 0.4) is 0 Å². The molecule has 3 rings (SSSR count). The van der Waals surface area contributed by atoms with Crippen molar-refractivity contribution in [2.24, 2.45) is 11.8 Å². The lowest BCUT2D eigenvalue weighted by atomic mass is 9.96. The highest BCUT2D eigenvalue weighted by atomic mass is 16.3. The predicted molar refractivity (Wildman–Crippen MR) is 94.0 cm³/mol. The quantitative estimate of drug-likeness (QED) is 0.710. The summed E-state index contributed by atoms with van der Waals surface area (Å²) in [6.07, 6.45) is 0.989. The van der Waals surface area contributed by atoms with Crippen molar-refractivity contribution in [2.45, 2.75) is 19.8 Å². The zero-order valence-electron chi connectivity index (χ0n) is 15.3. The van der Waals surface area contributed by atoms with Gasteiger partial charge in [0.2, 0.25) is 5.91 Å². The number of carbonyl (C=O) groups is 1. The Hall–Kier alpha value is -1.51. The molecular formula is C17H30N6O2. The number of likely N-dealkylation sites (N-methyl/N-ethyl adjacent to an activating group) is 1. The number of aliphatic hydroxyl groups is 1. The standard InChI is InChI=1S/C17H30N6O2/c1-13-18-16(20-19-13)3-4-17(25)23-10-14(15(11-23)12-24)9-22-7-5-21(2)6-8-22/h14-15,24H,3-12H2,1-2H3,(H,18,19,20)/t14-,15-/m1/s1. The summed E-state index contributed by atoms with van der Waals surface area (Å²) < 4.78 is 0. The molecule has 0 unspecified atom stereocenters. The van der Waals surface area contributed by atoms with E-state index in [0.29, 0.717) is 31.1 Å². The molecule has 0 spiro atoms. The first-order valence-electron chi connectivity index (χ1n) is 9.22. The highest BCUT2D eigenvalue weighted by molar-refractivity contribution is 5.76. The van der Waals surface area contributed by atoms with Gasteiger partial charge in [0.25, 0.3) is 0 Å². The number of aliphatic hydroxyl groups excluding tert-OH is 1. The number of piperazine rings is 1. The molecule has 0 radical (unpaired) electrons. The van der Waals surface area contributed by atoms with Crippen molar-refractivity contribution in [3.63, 3.8) is 0 Å². The van der Waals surface area contributed by atoms with Crippen molar-refractivity contribution in [1.82, 2.24) is 29.9 Å². The van der Waals surface area contributed by atoms with Crippen LogP contribution in [0.1, 0.15) is 18.1 Å². The van der Waals surface area contributed by atoms with E-state index in [1.165, 1.54) is 0 Å². The molecule has 0 aliphatic carbocycles. The Bertz CT molecular complexity index is 569. The molecule has 0 bridgehead atoms.